The molecule has 1 saturated heterocycles. The normalized spacial score (nSPS) is 15.7. The topological polar surface area (TPSA) is 52.7 Å². The molecule has 1 N–H and O–H groups in total. The van der Waals surface area contributed by atoms with Gasteiger partial charge in [0.2, 0.25) is 0 Å². The summed E-state index contributed by atoms with van der Waals surface area (Å²) in [4.78, 5) is 28.1. The highest BCUT2D eigenvalue weighted by Gasteiger charge is 2.22. The highest BCUT2D eigenvalue weighted by atomic mass is 35.5. The van der Waals surface area contributed by atoms with Crippen molar-refractivity contribution in [2.24, 2.45) is 5.92 Å². The van der Waals surface area contributed by atoms with Crippen molar-refractivity contribution in [2.45, 2.75) is 13.8 Å². The van der Waals surface area contributed by atoms with E-state index in [1.54, 1.807) is 24.3 Å². The molecule has 0 unspecified atom stereocenters. The molecule has 0 aliphatic carbocycles. The fourth-order valence-electron chi connectivity index (χ4n) is 2.44. The first-order valence-corrected chi connectivity index (χ1v) is 8.37. The van der Waals surface area contributed by atoms with E-state index in [-0.39, 0.29) is 11.8 Å². The molecular formula is C17H24ClN3O2. The highest BCUT2D eigenvalue weighted by molar-refractivity contribution is 6.30. The Morgan fingerprint density at radius 3 is 2.30 bits per heavy atom. The Morgan fingerprint density at radius 2 is 1.74 bits per heavy atom. The molecule has 1 fully saturated rings. The Bertz CT molecular complexity index is 537. The number of nitrogens with zero attached hydrogens (tertiary/aromatic N) is 2. The van der Waals surface area contributed by atoms with E-state index in [1.807, 2.05) is 4.90 Å². The van der Waals surface area contributed by atoms with Gasteiger partial charge in [-0.3, -0.25) is 9.69 Å². The summed E-state index contributed by atoms with van der Waals surface area (Å²) in [5.74, 6) is 0.525. The number of nitrogens with one attached hydrogen (secondary N) is 1. The maximum Gasteiger partial charge on any atom is 0.317 e. The lowest BCUT2D eigenvalue weighted by atomic mass is 10.1. The van der Waals surface area contributed by atoms with Crippen LogP contribution in [0.2, 0.25) is 5.02 Å². The summed E-state index contributed by atoms with van der Waals surface area (Å²) in [5.41, 5.74) is 0.673. The van der Waals surface area contributed by atoms with Crippen LogP contribution in [0.5, 0.6) is 0 Å². The Morgan fingerprint density at radius 1 is 1.13 bits per heavy atom. The third-order valence-electron chi connectivity index (χ3n) is 3.85. The lowest BCUT2D eigenvalue weighted by Crippen LogP contribution is -2.53. The molecule has 1 aliphatic heterocycles. The van der Waals surface area contributed by atoms with Gasteiger partial charge < -0.3 is 10.2 Å². The summed E-state index contributed by atoms with van der Waals surface area (Å²) in [6, 6.07) is 6.94. The SMILES string of the molecule is CC(C)CNC(=O)N1CCN(CC(=O)c2ccc(Cl)cc2)CC1. The van der Waals surface area contributed by atoms with Crippen molar-refractivity contribution < 1.29 is 9.59 Å². The smallest absolute Gasteiger partial charge is 0.317 e. The first kappa shape index (κ1) is 17.8. The third-order valence-corrected chi connectivity index (χ3v) is 4.11. The van der Waals surface area contributed by atoms with Crippen molar-refractivity contribution in [1.29, 1.82) is 0 Å². The number of urea groups is 1. The van der Waals surface area contributed by atoms with Gasteiger partial charge in [0.05, 0.1) is 6.54 Å². The minimum atomic E-state index is -0.0117. The number of amides is 2. The molecule has 0 saturated carbocycles. The van der Waals surface area contributed by atoms with Crippen molar-refractivity contribution in [2.75, 3.05) is 39.3 Å². The lowest BCUT2D eigenvalue weighted by Gasteiger charge is -2.34. The van der Waals surface area contributed by atoms with Crippen molar-refractivity contribution in [3.8, 4) is 0 Å². The summed E-state index contributed by atoms with van der Waals surface area (Å²) in [7, 11) is 0. The van der Waals surface area contributed by atoms with Gasteiger partial charge in [0.1, 0.15) is 0 Å². The third kappa shape index (κ3) is 5.52. The van der Waals surface area contributed by atoms with Crippen LogP contribution < -0.4 is 5.32 Å². The predicted molar refractivity (Wildman–Crippen MR) is 92.0 cm³/mol. The minimum Gasteiger partial charge on any atom is -0.338 e. The van der Waals surface area contributed by atoms with E-state index >= 15 is 0 Å². The number of carbonyl (C=O) groups excluding carboxylic acids is 2. The van der Waals surface area contributed by atoms with Crippen LogP contribution in [0.25, 0.3) is 0 Å². The maximum absolute atomic E-state index is 12.2. The second-order valence-corrected chi connectivity index (χ2v) is 6.71. The number of ketones is 1. The molecule has 23 heavy (non-hydrogen) atoms. The molecule has 6 heteroatoms. The van der Waals surface area contributed by atoms with Gasteiger partial charge in [0, 0.05) is 43.3 Å². The largest absolute Gasteiger partial charge is 0.338 e. The first-order chi connectivity index (χ1) is 11.0. The van der Waals surface area contributed by atoms with E-state index in [9.17, 15) is 9.59 Å². The van der Waals surface area contributed by atoms with Crippen molar-refractivity contribution in [1.82, 2.24) is 15.1 Å². The molecular weight excluding hydrogens is 314 g/mol. The molecule has 0 aromatic heterocycles. The van der Waals surface area contributed by atoms with Crippen molar-refractivity contribution >= 4 is 23.4 Å². The Hall–Kier alpha value is -1.59. The highest BCUT2D eigenvalue weighted by Crippen LogP contribution is 2.11. The number of rotatable bonds is 5. The summed E-state index contributed by atoms with van der Waals surface area (Å²) in [6.07, 6.45) is 0. The summed E-state index contributed by atoms with van der Waals surface area (Å²) >= 11 is 5.83. The van der Waals surface area contributed by atoms with Crippen molar-refractivity contribution in [3.63, 3.8) is 0 Å². The van der Waals surface area contributed by atoms with Gasteiger partial charge in [-0.2, -0.15) is 0 Å². The van der Waals surface area contributed by atoms with E-state index in [2.05, 4.69) is 24.1 Å². The molecule has 2 rings (SSSR count). The summed E-state index contributed by atoms with van der Waals surface area (Å²) in [6.45, 7) is 7.94. The molecule has 2 amide bonds. The van der Waals surface area contributed by atoms with E-state index in [0.717, 1.165) is 0 Å². The second-order valence-electron chi connectivity index (χ2n) is 6.27. The maximum atomic E-state index is 12.2. The Kier molecular flexibility index (Phi) is 6.42. The number of carbonyl (C=O) groups is 2. The zero-order valence-corrected chi connectivity index (χ0v) is 14.5. The quantitative estimate of drug-likeness (QED) is 0.840. The Labute approximate surface area is 142 Å². The number of hydrogen-bond donors (Lipinski definition) is 1. The molecule has 1 aromatic rings. The van der Waals surface area contributed by atoms with Gasteiger partial charge in [0.15, 0.2) is 5.78 Å². The number of benzene rings is 1. The van der Waals surface area contributed by atoms with E-state index in [0.29, 0.717) is 55.8 Å². The molecule has 1 aromatic carbocycles. The van der Waals surface area contributed by atoms with Crippen LogP contribution >= 0.6 is 11.6 Å². The zero-order chi connectivity index (χ0) is 16.8. The zero-order valence-electron chi connectivity index (χ0n) is 13.7. The fraction of sp³-hybridized carbons (Fsp3) is 0.529. The number of halogens is 1. The standard InChI is InChI=1S/C17H24ClN3O2/c1-13(2)11-19-17(23)21-9-7-20(8-10-21)12-16(22)14-3-5-15(18)6-4-14/h3-6,13H,7-12H2,1-2H3,(H,19,23). The van der Waals surface area contributed by atoms with Crippen LogP contribution in [-0.4, -0.2) is 60.9 Å². The van der Waals surface area contributed by atoms with Gasteiger partial charge in [0.25, 0.3) is 0 Å². The second kappa shape index (κ2) is 8.31. The van der Waals surface area contributed by atoms with Crippen molar-refractivity contribution in [3.05, 3.63) is 34.9 Å². The van der Waals surface area contributed by atoms with Gasteiger partial charge in [-0.25, -0.2) is 4.79 Å². The summed E-state index contributed by atoms with van der Waals surface area (Å²) in [5, 5.41) is 3.55. The minimum absolute atomic E-state index is 0.0117. The number of piperazine rings is 1. The first-order valence-electron chi connectivity index (χ1n) is 7.99. The molecule has 0 spiro atoms. The molecule has 126 valence electrons. The van der Waals surface area contributed by atoms with Crippen LogP contribution in [0, 0.1) is 5.92 Å². The van der Waals surface area contributed by atoms with E-state index in [4.69, 9.17) is 11.6 Å². The van der Waals surface area contributed by atoms with Gasteiger partial charge in [-0.05, 0) is 30.2 Å². The van der Waals surface area contributed by atoms with Gasteiger partial charge in [-0.1, -0.05) is 25.4 Å². The average Bonchev–Trinajstić information content (AvgIpc) is 2.54. The van der Waals surface area contributed by atoms with Crippen LogP contribution in [-0.2, 0) is 0 Å². The monoisotopic (exact) mass is 337 g/mol. The summed E-state index contributed by atoms with van der Waals surface area (Å²) < 4.78 is 0. The lowest BCUT2D eigenvalue weighted by molar-refractivity contribution is 0.0878. The molecule has 5 nitrogen and oxygen atoms in total. The average molecular weight is 338 g/mol. The van der Waals surface area contributed by atoms with Crippen LogP contribution in [0.4, 0.5) is 4.79 Å². The van der Waals surface area contributed by atoms with Crippen LogP contribution in [0.3, 0.4) is 0 Å². The molecule has 1 aliphatic rings. The van der Waals surface area contributed by atoms with Gasteiger partial charge >= 0.3 is 6.03 Å². The molecule has 0 atom stereocenters. The van der Waals surface area contributed by atoms with Gasteiger partial charge in [-0.15, -0.1) is 0 Å². The van der Waals surface area contributed by atoms with Crippen LogP contribution in [0.15, 0.2) is 24.3 Å². The molecule has 1 heterocycles. The van der Waals surface area contributed by atoms with E-state index in [1.165, 1.54) is 0 Å². The predicted octanol–water partition coefficient (Wildman–Crippen LogP) is 2.51. The number of Topliss-reactive ketones (excluding diaryl/α,β-unsaturated/α-hetero) is 1. The number of hydrogen-bond acceptors (Lipinski definition) is 3. The van der Waals surface area contributed by atoms with E-state index < -0.39 is 0 Å². The fourth-order valence-corrected chi connectivity index (χ4v) is 2.57. The van der Waals surface area contributed by atoms with Crippen LogP contribution in [0.1, 0.15) is 24.2 Å². The Balaban J connectivity index is 1.77. The molecule has 0 bridgehead atoms. The molecule has 0 radical (unpaired) electrons.